The van der Waals surface area contributed by atoms with Crippen molar-refractivity contribution in [1.29, 1.82) is 0 Å². The van der Waals surface area contributed by atoms with E-state index in [-0.39, 0.29) is 22.9 Å². The van der Waals surface area contributed by atoms with Crippen molar-refractivity contribution in [2.45, 2.75) is 0 Å². The van der Waals surface area contributed by atoms with Crippen molar-refractivity contribution in [1.82, 2.24) is 24.5 Å². The molecule has 0 saturated heterocycles. The van der Waals surface area contributed by atoms with Crippen molar-refractivity contribution in [3.63, 3.8) is 0 Å². The van der Waals surface area contributed by atoms with E-state index in [0.29, 0.717) is 22.6 Å². The first-order valence-corrected chi connectivity index (χ1v) is 12.3. The second-order valence-electron chi connectivity index (χ2n) is 7.70. The van der Waals surface area contributed by atoms with Gasteiger partial charge in [-0.3, -0.25) is 9.78 Å². The SMILES string of the molecule is CNc1nc(Nc2ccc(N=S(C)(C)=O)cc2F)c(C(N)=O)nc1-c1cncc2c1ncn2C. The number of carbonyl (C=O) groups excluding carboxylic acids is 1. The molecule has 0 bridgehead atoms. The fraction of sp³-hybridized carbons (Fsp3) is 0.190. The summed E-state index contributed by atoms with van der Waals surface area (Å²) in [5.74, 6) is -1.28. The lowest BCUT2D eigenvalue weighted by molar-refractivity contribution is 0.0996. The van der Waals surface area contributed by atoms with Crippen LogP contribution in [0.5, 0.6) is 0 Å². The Hall–Kier alpha value is -4.13. The van der Waals surface area contributed by atoms with Crippen LogP contribution in [0.2, 0.25) is 0 Å². The molecule has 4 N–H and O–H groups in total. The van der Waals surface area contributed by atoms with E-state index in [1.165, 1.54) is 24.6 Å². The smallest absolute Gasteiger partial charge is 0.271 e. The summed E-state index contributed by atoms with van der Waals surface area (Å²) in [7, 11) is 1.02. The molecular formula is C21H22FN9O2S. The van der Waals surface area contributed by atoms with Crippen LogP contribution < -0.4 is 16.4 Å². The summed E-state index contributed by atoms with van der Waals surface area (Å²) in [6.45, 7) is 0. The van der Waals surface area contributed by atoms with Crippen molar-refractivity contribution in [3.8, 4) is 11.3 Å². The zero-order valence-corrected chi connectivity index (χ0v) is 19.6. The first-order chi connectivity index (χ1) is 16.1. The molecule has 0 atom stereocenters. The molecule has 11 nitrogen and oxygen atoms in total. The van der Waals surface area contributed by atoms with Crippen molar-refractivity contribution in [3.05, 3.63) is 48.4 Å². The number of imidazole rings is 1. The van der Waals surface area contributed by atoms with Crippen LogP contribution in [0.1, 0.15) is 10.5 Å². The van der Waals surface area contributed by atoms with E-state index in [9.17, 15) is 13.4 Å². The molecule has 34 heavy (non-hydrogen) atoms. The predicted octanol–water partition coefficient (Wildman–Crippen LogP) is 2.81. The average molecular weight is 484 g/mol. The second kappa shape index (κ2) is 8.67. The number of nitrogens with zero attached hydrogens (tertiary/aromatic N) is 6. The van der Waals surface area contributed by atoms with Gasteiger partial charge in [0, 0.05) is 48.6 Å². The third-order valence-corrected chi connectivity index (χ3v) is 5.44. The lowest BCUT2D eigenvalue weighted by atomic mass is 10.1. The molecule has 0 spiro atoms. The highest BCUT2D eigenvalue weighted by Crippen LogP contribution is 2.33. The molecule has 0 aliphatic heterocycles. The van der Waals surface area contributed by atoms with E-state index in [4.69, 9.17) is 5.73 Å². The quantitative estimate of drug-likeness (QED) is 0.378. The van der Waals surface area contributed by atoms with Gasteiger partial charge in [0.1, 0.15) is 17.0 Å². The Morgan fingerprint density at radius 3 is 2.62 bits per heavy atom. The summed E-state index contributed by atoms with van der Waals surface area (Å²) in [5.41, 5.74) is 7.86. The van der Waals surface area contributed by atoms with Crippen molar-refractivity contribution in [2.75, 3.05) is 30.2 Å². The van der Waals surface area contributed by atoms with Gasteiger partial charge in [0.05, 0.1) is 35.0 Å². The van der Waals surface area contributed by atoms with Gasteiger partial charge in [-0.15, -0.1) is 0 Å². The van der Waals surface area contributed by atoms with Crippen LogP contribution in [0.4, 0.5) is 27.4 Å². The maximum atomic E-state index is 14.7. The summed E-state index contributed by atoms with van der Waals surface area (Å²) in [6, 6.07) is 4.03. The number of anilines is 3. The van der Waals surface area contributed by atoms with E-state index >= 15 is 0 Å². The van der Waals surface area contributed by atoms with Crippen LogP contribution in [0.3, 0.4) is 0 Å². The van der Waals surface area contributed by atoms with Gasteiger partial charge in [0.15, 0.2) is 17.3 Å². The second-order valence-corrected chi connectivity index (χ2v) is 10.2. The van der Waals surface area contributed by atoms with Gasteiger partial charge >= 0.3 is 0 Å². The first kappa shape index (κ1) is 23.0. The number of aromatic nitrogens is 5. The van der Waals surface area contributed by atoms with Crippen LogP contribution in [0, 0.1) is 5.82 Å². The summed E-state index contributed by atoms with van der Waals surface area (Å²) in [6.07, 6.45) is 7.78. The fourth-order valence-corrected chi connectivity index (χ4v) is 3.94. The lowest BCUT2D eigenvalue weighted by Gasteiger charge is -2.15. The normalized spacial score (nSPS) is 11.4. The van der Waals surface area contributed by atoms with E-state index in [1.807, 2.05) is 7.05 Å². The average Bonchev–Trinajstić information content (AvgIpc) is 3.15. The highest BCUT2D eigenvalue weighted by molar-refractivity contribution is 7.92. The van der Waals surface area contributed by atoms with Gasteiger partial charge < -0.3 is 20.9 Å². The number of benzene rings is 1. The van der Waals surface area contributed by atoms with Crippen molar-refractivity contribution >= 4 is 49.7 Å². The standard InChI is InChI=1S/C21H22FN9O2S/c1-24-20-17(12-8-25-9-15-16(12)26-10-31(15)2)28-18(19(23)32)21(29-20)27-14-6-5-11(7-13(14)22)30-34(3,4)33/h5-10H,1-4H3,(H2,23,32)(H2,24,27,29). The Kier molecular flexibility index (Phi) is 5.87. The van der Waals surface area contributed by atoms with E-state index in [1.54, 1.807) is 30.3 Å². The summed E-state index contributed by atoms with van der Waals surface area (Å²) >= 11 is 0. The lowest BCUT2D eigenvalue weighted by Crippen LogP contribution is -2.18. The zero-order valence-electron chi connectivity index (χ0n) is 18.8. The third kappa shape index (κ3) is 4.50. The van der Waals surface area contributed by atoms with Crippen molar-refractivity contribution in [2.24, 2.45) is 17.1 Å². The molecule has 0 saturated carbocycles. The number of aryl methyl sites for hydroxylation is 1. The topological polar surface area (TPSA) is 153 Å². The van der Waals surface area contributed by atoms with Crippen LogP contribution in [0.25, 0.3) is 22.3 Å². The predicted molar refractivity (Wildman–Crippen MR) is 129 cm³/mol. The van der Waals surface area contributed by atoms with Crippen LogP contribution in [-0.4, -0.2) is 54.2 Å². The molecule has 3 aromatic heterocycles. The Morgan fingerprint density at radius 1 is 1.21 bits per heavy atom. The number of rotatable bonds is 6. The number of hydrogen-bond acceptors (Lipinski definition) is 9. The Morgan fingerprint density at radius 2 is 1.97 bits per heavy atom. The van der Waals surface area contributed by atoms with Gasteiger partial charge in [0.2, 0.25) is 0 Å². The Balaban J connectivity index is 1.82. The minimum atomic E-state index is -2.45. The molecular weight excluding hydrogens is 461 g/mol. The van der Waals surface area contributed by atoms with Crippen LogP contribution >= 0.6 is 0 Å². The third-order valence-electron chi connectivity index (χ3n) is 4.79. The number of nitrogens with two attached hydrogens (primary N) is 1. The van der Waals surface area contributed by atoms with E-state index in [0.717, 1.165) is 11.6 Å². The molecule has 13 heteroatoms. The number of pyridine rings is 1. The number of nitrogens with one attached hydrogen (secondary N) is 2. The number of amides is 1. The molecule has 0 unspecified atom stereocenters. The van der Waals surface area contributed by atoms with Crippen LogP contribution in [-0.2, 0) is 16.8 Å². The maximum Gasteiger partial charge on any atom is 0.271 e. The number of halogens is 1. The Labute approximate surface area is 194 Å². The molecule has 3 heterocycles. The monoisotopic (exact) mass is 483 g/mol. The molecule has 1 amide bonds. The molecule has 0 aliphatic carbocycles. The van der Waals surface area contributed by atoms with Gasteiger partial charge in [0.25, 0.3) is 5.91 Å². The maximum absolute atomic E-state index is 14.7. The first-order valence-electron chi connectivity index (χ1n) is 9.96. The minimum Gasteiger partial charge on any atom is -0.371 e. The number of primary amides is 1. The molecule has 1 aromatic carbocycles. The minimum absolute atomic E-state index is 0.0118. The largest absolute Gasteiger partial charge is 0.371 e. The molecule has 4 rings (SSSR count). The van der Waals surface area contributed by atoms with Crippen LogP contribution in [0.15, 0.2) is 41.3 Å². The Bertz CT molecular complexity index is 1550. The molecule has 4 aromatic rings. The zero-order chi connectivity index (χ0) is 24.6. The molecule has 0 radical (unpaired) electrons. The summed E-state index contributed by atoms with van der Waals surface area (Å²) in [4.78, 5) is 29.7. The molecule has 0 aliphatic rings. The fourth-order valence-electron chi connectivity index (χ4n) is 3.32. The van der Waals surface area contributed by atoms with E-state index in [2.05, 4.69) is 34.9 Å². The highest BCUT2D eigenvalue weighted by atomic mass is 32.2. The molecule has 0 fully saturated rings. The van der Waals surface area contributed by atoms with Gasteiger partial charge in [-0.05, 0) is 12.1 Å². The summed E-state index contributed by atoms with van der Waals surface area (Å²) < 4.78 is 32.4. The summed E-state index contributed by atoms with van der Waals surface area (Å²) in [5, 5.41) is 5.71. The van der Waals surface area contributed by atoms with Crippen molar-refractivity contribution < 1.29 is 13.4 Å². The number of hydrogen-bond donors (Lipinski definition) is 3. The van der Waals surface area contributed by atoms with Gasteiger partial charge in [-0.25, -0.2) is 23.6 Å². The van der Waals surface area contributed by atoms with Gasteiger partial charge in [-0.2, -0.15) is 4.36 Å². The number of carbonyl (C=O) groups is 1. The molecule has 176 valence electrons. The number of fused-ring (bicyclic) bond motifs is 1. The highest BCUT2D eigenvalue weighted by Gasteiger charge is 2.21. The van der Waals surface area contributed by atoms with E-state index < -0.39 is 21.5 Å². The van der Waals surface area contributed by atoms with Gasteiger partial charge in [-0.1, -0.05) is 0 Å².